The summed E-state index contributed by atoms with van der Waals surface area (Å²) in [6.45, 7) is 7.15. The quantitative estimate of drug-likeness (QED) is 0.778. The topological polar surface area (TPSA) is 45.1 Å². The molecule has 0 radical (unpaired) electrons. The normalized spacial score (nSPS) is 19.7. The van der Waals surface area contributed by atoms with E-state index < -0.39 is 5.54 Å². The summed E-state index contributed by atoms with van der Waals surface area (Å²) in [7, 11) is 0. The lowest BCUT2D eigenvalue weighted by atomic mass is 9.83. The predicted octanol–water partition coefficient (Wildman–Crippen LogP) is 2.91. The number of hydrogen-bond acceptors (Lipinski definition) is 4. The van der Waals surface area contributed by atoms with Gasteiger partial charge < -0.3 is 4.74 Å². The Hall–Kier alpha value is -2.50. The zero-order chi connectivity index (χ0) is 19.4. The van der Waals surface area contributed by atoms with Gasteiger partial charge in [-0.15, -0.1) is 0 Å². The third-order valence-corrected chi connectivity index (χ3v) is 5.62. The van der Waals surface area contributed by atoms with Crippen molar-refractivity contribution in [3.05, 3.63) is 71.8 Å². The molecule has 2 aromatic carbocycles. The molecule has 0 spiro atoms. The molecule has 5 heteroatoms. The number of amidine groups is 1. The Morgan fingerprint density at radius 2 is 1.50 bits per heavy atom. The van der Waals surface area contributed by atoms with Gasteiger partial charge in [0.2, 0.25) is 0 Å². The summed E-state index contributed by atoms with van der Waals surface area (Å²) < 4.78 is 5.41. The van der Waals surface area contributed by atoms with E-state index in [1.807, 2.05) is 72.5 Å². The van der Waals surface area contributed by atoms with Gasteiger partial charge in [-0.25, -0.2) is 4.99 Å². The van der Waals surface area contributed by atoms with Crippen LogP contribution in [-0.4, -0.2) is 60.9 Å². The SMILES string of the molecule is CC1=NC(c2ccccc2)(c2ccccc2)C(=O)N1CCCN1CCOCC1. The van der Waals surface area contributed by atoms with E-state index >= 15 is 0 Å². The molecule has 0 bridgehead atoms. The van der Waals surface area contributed by atoms with Crippen LogP contribution in [0.5, 0.6) is 0 Å². The molecule has 5 nitrogen and oxygen atoms in total. The van der Waals surface area contributed by atoms with Crippen molar-refractivity contribution in [3.8, 4) is 0 Å². The fourth-order valence-corrected chi connectivity index (χ4v) is 4.14. The molecule has 2 heterocycles. The highest BCUT2D eigenvalue weighted by atomic mass is 16.5. The van der Waals surface area contributed by atoms with E-state index in [-0.39, 0.29) is 5.91 Å². The van der Waals surface area contributed by atoms with E-state index in [1.54, 1.807) is 0 Å². The minimum absolute atomic E-state index is 0.0457. The molecule has 2 aliphatic rings. The number of ether oxygens (including phenoxy) is 1. The van der Waals surface area contributed by atoms with Crippen LogP contribution in [-0.2, 0) is 15.1 Å². The monoisotopic (exact) mass is 377 g/mol. The van der Waals surface area contributed by atoms with Crippen LogP contribution in [0.25, 0.3) is 0 Å². The third-order valence-electron chi connectivity index (χ3n) is 5.62. The molecule has 0 unspecified atom stereocenters. The number of carbonyl (C=O) groups excluding carboxylic acids is 1. The maximum absolute atomic E-state index is 13.7. The summed E-state index contributed by atoms with van der Waals surface area (Å²) in [6.07, 6.45) is 0.929. The van der Waals surface area contributed by atoms with Gasteiger partial charge in [-0.2, -0.15) is 0 Å². The van der Waals surface area contributed by atoms with E-state index in [0.29, 0.717) is 6.54 Å². The average molecular weight is 377 g/mol. The summed E-state index contributed by atoms with van der Waals surface area (Å²) in [6, 6.07) is 19.8. The van der Waals surface area contributed by atoms with Gasteiger partial charge in [0.05, 0.1) is 13.2 Å². The number of nitrogens with zero attached hydrogens (tertiary/aromatic N) is 3. The Labute approximate surface area is 166 Å². The Balaban J connectivity index is 1.57. The molecular formula is C23H27N3O2. The van der Waals surface area contributed by atoms with Crippen LogP contribution < -0.4 is 0 Å². The van der Waals surface area contributed by atoms with Crippen LogP contribution in [0, 0.1) is 0 Å². The second-order valence-electron chi connectivity index (χ2n) is 7.37. The van der Waals surface area contributed by atoms with Crippen LogP contribution in [0.3, 0.4) is 0 Å². The molecule has 2 aromatic rings. The first kappa shape index (κ1) is 18.8. The van der Waals surface area contributed by atoms with Gasteiger partial charge in [0.25, 0.3) is 5.91 Å². The maximum Gasteiger partial charge on any atom is 0.265 e. The molecule has 0 N–H and O–H groups in total. The van der Waals surface area contributed by atoms with Crippen molar-refractivity contribution in [2.24, 2.45) is 4.99 Å². The van der Waals surface area contributed by atoms with Crippen LogP contribution in [0.2, 0.25) is 0 Å². The molecule has 0 atom stereocenters. The number of aliphatic imine (C=N–C) groups is 1. The first-order chi connectivity index (χ1) is 13.7. The van der Waals surface area contributed by atoms with Gasteiger partial charge in [0, 0.05) is 26.2 Å². The lowest BCUT2D eigenvalue weighted by Gasteiger charge is -2.29. The van der Waals surface area contributed by atoms with E-state index in [2.05, 4.69) is 4.90 Å². The fourth-order valence-electron chi connectivity index (χ4n) is 4.14. The first-order valence-electron chi connectivity index (χ1n) is 10.0. The van der Waals surface area contributed by atoms with Crippen LogP contribution in [0.4, 0.5) is 0 Å². The molecule has 146 valence electrons. The van der Waals surface area contributed by atoms with Crippen molar-refractivity contribution < 1.29 is 9.53 Å². The van der Waals surface area contributed by atoms with Crippen molar-refractivity contribution in [3.63, 3.8) is 0 Å². The minimum atomic E-state index is -0.981. The van der Waals surface area contributed by atoms with Crippen LogP contribution >= 0.6 is 0 Å². The molecule has 0 saturated carbocycles. The summed E-state index contributed by atoms with van der Waals surface area (Å²) in [5.41, 5.74) is 0.855. The first-order valence-corrected chi connectivity index (χ1v) is 10.0. The molecule has 4 rings (SSSR count). The summed E-state index contributed by atoms with van der Waals surface area (Å²) in [4.78, 5) is 22.9. The third kappa shape index (κ3) is 3.48. The zero-order valence-electron chi connectivity index (χ0n) is 16.4. The summed E-state index contributed by atoms with van der Waals surface area (Å²) in [5.74, 6) is 0.837. The molecule has 1 amide bonds. The lowest BCUT2D eigenvalue weighted by molar-refractivity contribution is -0.130. The predicted molar refractivity (Wildman–Crippen MR) is 110 cm³/mol. The van der Waals surface area contributed by atoms with Crippen molar-refractivity contribution >= 4 is 11.7 Å². The molecule has 0 aliphatic carbocycles. The van der Waals surface area contributed by atoms with Crippen molar-refractivity contribution in [1.82, 2.24) is 9.80 Å². The number of benzene rings is 2. The Bertz CT molecular complexity index is 790. The smallest absolute Gasteiger partial charge is 0.265 e. The Kier molecular flexibility index (Phi) is 5.55. The van der Waals surface area contributed by atoms with Gasteiger partial charge in [0.15, 0.2) is 5.54 Å². The number of morpholine rings is 1. The second kappa shape index (κ2) is 8.25. The summed E-state index contributed by atoms with van der Waals surface area (Å²) in [5, 5.41) is 0. The van der Waals surface area contributed by atoms with E-state index in [9.17, 15) is 4.79 Å². The molecule has 2 aliphatic heterocycles. The second-order valence-corrected chi connectivity index (χ2v) is 7.37. The molecular weight excluding hydrogens is 350 g/mol. The molecule has 0 aromatic heterocycles. The highest BCUT2D eigenvalue weighted by molar-refractivity contribution is 6.09. The Morgan fingerprint density at radius 3 is 2.07 bits per heavy atom. The van der Waals surface area contributed by atoms with Crippen molar-refractivity contribution in [2.75, 3.05) is 39.4 Å². The van der Waals surface area contributed by atoms with Gasteiger partial charge in [-0.3, -0.25) is 14.6 Å². The number of carbonyl (C=O) groups is 1. The number of hydrogen-bond donors (Lipinski definition) is 0. The largest absolute Gasteiger partial charge is 0.379 e. The van der Waals surface area contributed by atoms with E-state index in [4.69, 9.17) is 9.73 Å². The highest BCUT2D eigenvalue weighted by Gasteiger charge is 2.49. The van der Waals surface area contributed by atoms with Crippen molar-refractivity contribution in [2.45, 2.75) is 18.9 Å². The summed E-state index contributed by atoms with van der Waals surface area (Å²) >= 11 is 0. The highest BCUT2D eigenvalue weighted by Crippen LogP contribution is 2.40. The van der Waals surface area contributed by atoms with E-state index in [0.717, 1.165) is 56.2 Å². The maximum atomic E-state index is 13.7. The minimum Gasteiger partial charge on any atom is -0.379 e. The lowest BCUT2D eigenvalue weighted by Crippen LogP contribution is -2.43. The standard InChI is InChI=1S/C23H27N3O2/c1-19-24-23(20-9-4-2-5-10-20,21-11-6-3-7-12-21)22(27)26(19)14-8-13-25-15-17-28-18-16-25/h2-7,9-12H,8,13-18H2,1H3. The number of rotatable bonds is 6. The van der Waals surface area contributed by atoms with Gasteiger partial charge in [-0.05, 0) is 24.5 Å². The fraction of sp³-hybridized carbons (Fsp3) is 0.391. The molecule has 1 fully saturated rings. The van der Waals surface area contributed by atoms with Crippen LogP contribution in [0.1, 0.15) is 24.5 Å². The van der Waals surface area contributed by atoms with Gasteiger partial charge >= 0.3 is 0 Å². The van der Waals surface area contributed by atoms with Crippen molar-refractivity contribution in [1.29, 1.82) is 0 Å². The Morgan fingerprint density at radius 1 is 0.929 bits per heavy atom. The zero-order valence-corrected chi connectivity index (χ0v) is 16.4. The molecule has 1 saturated heterocycles. The van der Waals surface area contributed by atoms with Gasteiger partial charge in [-0.1, -0.05) is 60.7 Å². The average Bonchev–Trinajstić information content (AvgIpc) is 3.01. The van der Waals surface area contributed by atoms with E-state index in [1.165, 1.54) is 0 Å². The van der Waals surface area contributed by atoms with Gasteiger partial charge in [0.1, 0.15) is 5.84 Å². The number of amides is 1. The van der Waals surface area contributed by atoms with Crippen LogP contribution in [0.15, 0.2) is 65.7 Å². The molecule has 28 heavy (non-hydrogen) atoms.